The van der Waals surface area contributed by atoms with Gasteiger partial charge in [0, 0.05) is 17.1 Å². The van der Waals surface area contributed by atoms with Crippen molar-refractivity contribution in [2.45, 2.75) is 19.1 Å². The van der Waals surface area contributed by atoms with Crippen LogP contribution in [0.3, 0.4) is 0 Å². The van der Waals surface area contributed by atoms with Crippen LogP contribution in [0.15, 0.2) is 48.5 Å². The predicted octanol–water partition coefficient (Wildman–Crippen LogP) is 3.77. The molecule has 0 spiro atoms. The third-order valence-electron chi connectivity index (χ3n) is 3.09. The van der Waals surface area contributed by atoms with Crippen molar-refractivity contribution in [2.75, 3.05) is 6.26 Å². The van der Waals surface area contributed by atoms with Crippen molar-refractivity contribution < 1.29 is 4.21 Å². The van der Waals surface area contributed by atoms with E-state index in [-0.39, 0.29) is 5.25 Å². The molecule has 0 N–H and O–H groups in total. The lowest BCUT2D eigenvalue weighted by Gasteiger charge is -2.16. The van der Waals surface area contributed by atoms with Gasteiger partial charge >= 0.3 is 0 Å². The van der Waals surface area contributed by atoms with Crippen molar-refractivity contribution >= 4 is 10.8 Å². The Kier molecular flexibility index (Phi) is 3.97. The van der Waals surface area contributed by atoms with E-state index in [4.69, 9.17) is 0 Å². The zero-order chi connectivity index (χ0) is 13.1. The van der Waals surface area contributed by atoms with E-state index in [0.717, 1.165) is 11.1 Å². The molecule has 94 valence electrons. The molecule has 0 heterocycles. The molecule has 0 aliphatic heterocycles. The first-order chi connectivity index (χ1) is 8.58. The van der Waals surface area contributed by atoms with Crippen LogP contribution in [-0.4, -0.2) is 10.5 Å². The largest absolute Gasteiger partial charge is 0.259 e. The second-order valence-corrected chi connectivity index (χ2v) is 6.17. The first-order valence-electron chi connectivity index (χ1n) is 6.03. The Bertz CT molecular complexity index is 495. The predicted molar refractivity (Wildman–Crippen MR) is 78.3 cm³/mol. The van der Waals surface area contributed by atoms with E-state index in [1.165, 1.54) is 11.1 Å². The standard InChI is InChI=1S/C16H18OS/c1-12-4-8-14(9-5-12)16(18(3)17)15-10-6-13(2)7-11-15/h4-11,16H,1-3H3/t18-/m0/s1. The molecule has 18 heavy (non-hydrogen) atoms. The van der Waals surface area contributed by atoms with E-state index in [1.807, 2.05) is 0 Å². The first-order valence-corrected chi connectivity index (χ1v) is 7.65. The molecule has 2 heteroatoms. The monoisotopic (exact) mass is 258 g/mol. The highest BCUT2D eigenvalue weighted by atomic mass is 32.2. The summed E-state index contributed by atoms with van der Waals surface area (Å²) in [6.45, 7) is 4.13. The SMILES string of the molecule is Cc1ccc(C(c2ccc(C)cc2)[S@](C)=O)cc1. The molecule has 2 rings (SSSR count). The molecule has 0 aromatic heterocycles. The van der Waals surface area contributed by atoms with Crippen LogP contribution in [0.5, 0.6) is 0 Å². The van der Waals surface area contributed by atoms with Gasteiger partial charge in [0.25, 0.3) is 0 Å². The van der Waals surface area contributed by atoms with Crippen molar-refractivity contribution in [3.05, 3.63) is 70.8 Å². The van der Waals surface area contributed by atoms with Crippen LogP contribution in [-0.2, 0) is 10.8 Å². The fourth-order valence-electron chi connectivity index (χ4n) is 2.06. The Morgan fingerprint density at radius 2 is 1.11 bits per heavy atom. The molecule has 0 fully saturated rings. The highest BCUT2D eigenvalue weighted by Gasteiger charge is 2.17. The molecule has 2 aromatic rings. The fourth-order valence-corrected chi connectivity index (χ4v) is 3.14. The average Bonchev–Trinajstić information content (AvgIpc) is 2.34. The summed E-state index contributed by atoms with van der Waals surface area (Å²) < 4.78 is 12.0. The molecule has 1 nitrogen and oxygen atoms in total. The zero-order valence-electron chi connectivity index (χ0n) is 11.0. The minimum absolute atomic E-state index is 0.0359. The van der Waals surface area contributed by atoms with Gasteiger partial charge in [0.1, 0.15) is 0 Å². The van der Waals surface area contributed by atoms with Crippen LogP contribution in [0.25, 0.3) is 0 Å². The van der Waals surface area contributed by atoms with Gasteiger partial charge in [-0.15, -0.1) is 0 Å². The lowest BCUT2D eigenvalue weighted by Crippen LogP contribution is -2.07. The van der Waals surface area contributed by atoms with Crippen molar-refractivity contribution in [1.29, 1.82) is 0 Å². The van der Waals surface area contributed by atoms with Crippen LogP contribution in [0.4, 0.5) is 0 Å². The smallest absolute Gasteiger partial charge is 0.0843 e. The molecule has 2 aromatic carbocycles. The summed E-state index contributed by atoms with van der Waals surface area (Å²) in [7, 11) is -0.919. The zero-order valence-corrected chi connectivity index (χ0v) is 11.8. The quantitative estimate of drug-likeness (QED) is 0.819. The van der Waals surface area contributed by atoms with Gasteiger partial charge < -0.3 is 0 Å². The summed E-state index contributed by atoms with van der Waals surface area (Å²) in [4.78, 5) is 0. The number of aryl methyl sites for hydroxylation is 2. The highest BCUT2D eigenvalue weighted by Crippen LogP contribution is 2.27. The van der Waals surface area contributed by atoms with Crippen molar-refractivity contribution in [1.82, 2.24) is 0 Å². The number of hydrogen-bond acceptors (Lipinski definition) is 1. The normalized spacial score (nSPS) is 12.7. The van der Waals surface area contributed by atoms with Crippen LogP contribution in [0, 0.1) is 13.8 Å². The van der Waals surface area contributed by atoms with Crippen LogP contribution < -0.4 is 0 Å². The maximum Gasteiger partial charge on any atom is 0.0843 e. The number of benzene rings is 2. The van der Waals surface area contributed by atoms with Gasteiger partial charge in [0.15, 0.2) is 0 Å². The molecule has 0 radical (unpaired) electrons. The molecular weight excluding hydrogens is 240 g/mol. The Morgan fingerprint density at radius 1 is 0.778 bits per heavy atom. The van der Waals surface area contributed by atoms with E-state index in [1.54, 1.807) is 6.26 Å². The Hall–Kier alpha value is -1.41. The van der Waals surface area contributed by atoms with Gasteiger partial charge in [-0.2, -0.15) is 0 Å². The van der Waals surface area contributed by atoms with Gasteiger partial charge in [-0.1, -0.05) is 59.7 Å². The average molecular weight is 258 g/mol. The van der Waals surface area contributed by atoms with Gasteiger partial charge in [-0.25, -0.2) is 0 Å². The van der Waals surface area contributed by atoms with Crippen LogP contribution in [0.2, 0.25) is 0 Å². The Labute approximate surface area is 111 Å². The summed E-state index contributed by atoms with van der Waals surface area (Å²) in [5.74, 6) is 0. The molecular formula is C16H18OS. The second-order valence-electron chi connectivity index (χ2n) is 4.70. The van der Waals surface area contributed by atoms with E-state index >= 15 is 0 Å². The third-order valence-corrected chi connectivity index (χ3v) is 4.30. The van der Waals surface area contributed by atoms with E-state index in [2.05, 4.69) is 62.4 Å². The van der Waals surface area contributed by atoms with E-state index in [9.17, 15) is 4.21 Å². The van der Waals surface area contributed by atoms with Crippen LogP contribution in [0.1, 0.15) is 27.5 Å². The van der Waals surface area contributed by atoms with E-state index in [0.29, 0.717) is 0 Å². The summed E-state index contributed by atoms with van der Waals surface area (Å²) in [5.41, 5.74) is 4.68. The van der Waals surface area contributed by atoms with Crippen molar-refractivity contribution in [3.8, 4) is 0 Å². The van der Waals surface area contributed by atoms with Gasteiger partial charge in [-0.3, -0.25) is 4.21 Å². The lowest BCUT2D eigenvalue weighted by atomic mass is 10.0. The maximum atomic E-state index is 12.0. The number of hydrogen-bond donors (Lipinski definition) is 0. The molecule has 0 bridgehead atoms. The van der Waals surface area contributed by atoms with Crippen molar-refractivity contribution in [3.63, 3.8) is 0 Å². The van der Waals surface area contributed by atoms with Crippen molar-refractivity contribution in [2.24, 2.45) is 0 Å². The minimum atomic E-state index is -0.919. The molecule has 0 saturated carbocycles. The summed E-state index contributed by atoms with van der Waals surface area (Å²) in [5, 5.41) is -0.0359. The Balaban J connectivity index is 2.43. The Morgan fingerprint density at radius 3 is 1.39 bits per heavy atom. The van der Waals surface area contributed by atoms with Gasteiger partial charge in [0.2, 0.25) is 0 Å². The minimum Gasteiger partial charge on any atom is -0.259 e. The van der Waals surface area contributed by atoms with Gasteiger partial charge in [0.05, 0.1) is 5.25 Å². The molecule has 0 aliphatic rings. The molecule has 0 aliphatic carbocycles. The summed E-state index contributed by atoms with van der Waals surface area (Å²) in [6, 6.07) is 16.6. The van der Waals surface area contributed by atoms with E-state index < -0.39 is 10.8 Å². The number of rotatable bonds is 3. The molecule has 1 atom stereocenters. The summed E-state index contributed by atoms with van der Waals surface area (Å²) in [6.07, 6.45) is 1.77. The molecule has 0 amide bonds. The van der Waals surface area contributed by atoms with Gasteiger partial charge in [-0.05, 0) is 25.0 Å². The fraction of sp³-hybridized carbons (Fsp3) is 0.250. The summed E-state index contributed by atoms with van der Waals surface area (Å²) >= 11 is 0. The molecule has 0 saturated heterocycles. The molecule has 0 unspecified atom stereocenters. The highest BCUT2D eigenvalue weighted by molar-refractivity contribution is 7.84. The third kappa shape index (κ3) is 2.88. The first kappa shape index (κ1) is 13.0. The lowest BCUT2D eigenvalue weighted by molar-refractivity contribution is 0.682. The van der Waals surface area contributed by atoms with Crippen LogP contribution >= 0.6 is 0 Å². The maximum absolute atomic E-state index is 12.0. The second kappa shape index (κ2) is 5.49. The topological polar surface area (TPSA) is 17.1 Å².